The lowest BCUT2D eigenvalue weighted by Gasteiger charge is -2.27. The lowest BCUT2D eigenvalue weighted by Crippen LogP contribution is -2.36. The largest absolute Gasteiger partial charge is 0.497 e. The van der Waals surface area contributed by atoms with Crippen LogP contribution in [0.4, 0.5) is 0 Å². The molecule has 2 aliphatic rings. The van der Waals surface area contributed by atoms with Gasteiger partial charge in [-0.1, -0.05) is 12.5 Å². The van der Waals surface area contributed by atoms with Crippen molar-refractivity contribution in [3.05, 3.63) is 53.1 Å². The molecule has 8 heteroatoms. The number of ether oxygens (including phenoxy) is 2. The van der Waals surface area contributed by atoms with Crippen molar-refractivity contribution in [2.24, 2.45) is 0 Å². The number of piperidine rings is 1. The first kappa shape index (κ1) is 23.6. The maximum atomic E-state index is 13.7. The highest BCUT2D eigenvalue weighted by atomic mass is 32.2. The molecule has 0 aromatic heterocycles. The number of methoxy groups -OCH3 is 2. The molecule has 1 aliphatic heterocycles. The quantitative estimate of drug-likeness (QED) is 0.581. The number of benzene rings is 2. The van der Waals surface area contributed by atoms with E-state index in [0.29, 0.717) is 36.7 Å². The smallest absolute Gasteiger partial charge is 0.254 e. The molecule has 7 nitrogen and oxygen atoms in total. The second kappa shape index (κ2) is 9.73. The summed E-state index contributed by atoms with van der Waals surface area (Å²) in [7, 11) is -0.409. The summed E-state index contributed by atoms with van der Waals surface area (Å²) >= 11 is 0. The van der Waals surface area contributed by atoms with E-state index in [1.165, 1.54) is 4.31 Å². The van der Waals surface area contributed by atoms with E-state index in [0.717, 1.165) is 43.2 Å². The number of amides is 1. The summed E-state index contributed by atoms with van der Waals surface area (Å²) in [6, 6.07) is 10.6. The molecule has 1 aliphatic carbocycles. The van der Waals surface area contributed by atoms with Gasteiger partial charge < -0.3 is 14.4 Å². The molecule has 2 aromatic carbocycles. The summed E-state index contributed by atoms with van der Waals surface area (Å²) in [6.45, 7) is 3.28. The van der Waals surface area contributed by atoms with Gasteiger partial charge in [-0.25, -0.2) is 8.42 Å². The summed E-state index contributed by atoms with van der Waals surface area (Å²) < 4.78 is 38.8. The van der Waals surface area contributed by atoms with E-state index in [1.54, 1.807) is 32.4 Å². The van der Waals surface area contributed by atoms with Gasteiger partial charge >= 0.3 is 0 Å². The Morgan fingerprint density at radius 2 is 1.76 bits per heavy atom. The van der Waals surface area contributed by atoms with Crippen LogP contribution in [0.5, 0.6) is 11.5 Å². The molecule has 1 amide bonds. The van der Waals surface area contributed by atoms with E-state index >= 15 is 0 Å². The zero-order valence-electron chi connectivity index (χ0n) is 19.5. The minimum absolute atomic E-state index is 0.134. The third-order valence-electron chi connectivity index (χ3n) is 6.47. The highest BCUT2D eigenvalue weighted by Crippen LogP contribution is 2.34. The molecule has 1 saturated carbocycles. The zero-order chi connectivity index (χ0) is 23.6. The van der Waals surface area contributed by atoms with E-state index in [1.807, 2.05) is 30.0 Å². The van der Waals surface area contributed by atoms with Gasteiger partial charge in [-0.2, -0.15) is 4.31 Å². The molecule has 1 saturated heterocycles. The van der Waals surface area contributed by atoms with Crippen molar-refractivity contribution >= 4 is 15.9 Å². The minimum atomic E-state index is -3.62. The zero-order valence-corrected chi connectivity index (χ0v) is 20.4. The van der Waals surface area contributed by atoms with Crippen LogP contribution in [0.15, 0.2) is 41.3 Å². The van der Waals surface area contributed by atoms with E-state index < -0.39 is 10.0 Å². The maximum absolute atomic E-state index is 13.7. The first-order valence-electron chi connectivity index (χ1n) is 11.5. The van der Waals surface area contributed by atoms with E-state index in [9.17, 15) is 13.2 Å². The van der Waals surface area contributed by atoms with E-state index in [4.69, 9.17) is 9.47 Å². The lowest BCUT2D eigenvalue weighted by atomic mass is 10.1. The molecule has 0 spiro atoms. The number of hydrogen-bond donors (Lipinski definition) is 0. The standard InChI is InChI=1S/C25H32N2O5S/c1-18-7-11-22(33(29,30)26-13-5-4-6-14-26)16-23(18)25(28)27(20-8-9-20)17-19-15-21(31-2)10-12-24(19)32-3/h7,10-12,15-16,20H,4-6,8-9,13-14,17H2,1-3H3. The Kier molecular flexibility index (Phi) is 6.95. The Morgan fingerprint density at radius 3 is 2.39 bits per heavy atom. The fourth-order valence-corrected chi connectivity index (χ4v) is 5.89. The van der Waals surface area contributed by atoms with Crippen LogP contribution in [-0.2, 0) is 16.6 Å². The van der Waals surface area contributed by atoms with Crippen molar-refractivity contribution in [2.45, 2.75) is 56.5 Å². The Balaban J connectivity index is 1.65. The molecular weight excluding hydrogens is 440 g/mol. The summed E-state index contributed by atoms with van der Waals surface area (Å²) in [5.74, 6) is 1.22. The van der Waals surface area contributed by atoms with Crippen molar-refractivity contribution in [1.82, 2.24) is 9.21 Å². The monoisotopic (exact) mass is 472 g/mol. The van der Waals surface area contributed by atoms with Crippen molar-refractivity contribution in [2.75, 3.05) is 27.3 Å². The van der Waals surface area contributed by atoms with Crippen LogP contribution in [0.2, 0.25) is 0 Å². The van der Waals surface area contributed by atoms with Crippen LogP contribution in [-0.4, -0.2) is 56.9 Å². The molecule has 4 rings (SSSR count). The topological polar surface area (TPSA) is 76.1 Å². The average Bonchev–Trinajstić information content (AvgIpc) is 3.68. The van der Waals surface area contributed by atoms with Gasteiger partial charge in [0.15, 0.2) is 0 Å². The van der Waals surface area contributed by atoms with E-state index in [2.05, 4.69) is 0 Å². The Hall–Kier alpha value is -2.58. The molecule has 1 heterocycles. The first-order chi connectivity index (χ1) is 15.8. The van der Waals surface area contributed by atoms with Gasteiger partial charge in [0, 0.05) is 30.3 Å². The van der Waals surface area contributed by atoms with E-state index in [-0.39, 0.29) is 16.8 Å². The molecule has 0 atom stereocenters. The third kappa shape index (κ3) is 5.01. The van der Waals surface area contributed by atoms with Gasteiger partial charge in [0.25, 0.3) is 5.91 Å². The van der Waals surface area contributed by atoms with Crippen molar-refractivity contribution in [3.8, 4) is 11.5 Å². The second-order valence-corrected chi connectivity index (χ2v) is 10.7. The summed E-state index contributed by atoms with van der Waals surface area (Å²) in [5.41, 5.74) is 2.05. The van der Waals surface area contributed by atoms with Crippen LogP contribution in [0.3, 0.4) is 0 Å². The van der Waals surface area contributed by atoms with Crippen LogP contribution < -0.4 is 9.47 Å². The number of hydrogen-bond acceptors (Lipinski definition) is 5. The second-order valence-electron chi connectivity index (χ2n) is 8.78. The molecule has 2 fully saturated rings. The van der Waals surface area contributed by atoms with Crippen LogP contribution in [0.25, 0.3) is 0 Å². The fourth-order valence-electron chi connectivity index (χ4n) is 4.34. The third-order valence-corrected chi connectivity index (χ3v) is 8.36. The van der Waals surface area contributed by atoms with Crippen molar-refractivity contribution in [3.63, 3.8) is 0 Å². The molecule has 0 bridgehead atoms. The Labute approximate surface area is 196 Å². The summed E-state index contributed by atoms with van der Waals surface area (Å²) in [4.78, 5) is 15.7. The number of aryl methyl sites for hydroxylation is 1. The van der Waals surface area contributed by atoms with Gasteiger partial charge in [-0.15, -0.1) is 0 Å². The molecular formula is C25H32N2O5S. The van der Waals surface area contributed by atoms with Gasteiger partial charge in [-0.05, 0) is 68.5 Å². The van der Waals surface area contributed by atoms with Gasteiger partial charge in [0.05, 0.1) is 25.7 Å². The highest BCUT2D eigenvalue weighted by molar-refractivity contribution is 7.89. The molecule has 0 unspecified atom stereocenters. The predicted molar refractivity (Wildman–Crippen MR) is 126 cm³/mol. The molecule has 178 valence electrons. The van der Waals surface area contributed by atoms with Gasteiger partial charge in [0.1, 0.15) is 11.5 Å². The Morgan fingerprint density at radius 1 is 1.03 bits per heavy atom. The van der Waals surface area contributed by atoms with Crippen LogP contribution in [0.1, 0.15) is 53.6 Å². The number of carbonyl (C=O) groups excluding carboxylic acids is 1. The minimum Gasteiger partial charge on any atom is -0.497 e. The summed E-state index contributed by atoms with van der Waals surface area (Å²) in [6.07, 6.45) is 4.66. The van der Waals surface area contributed by atoms with Gasteiger partial charge in [0.2, 0.25) is 10.0 Å². The maximum Gasteiger partial charge on any atom is 0.254 e. The van der Waals surface area contributed by atoms with Gasteiger partial charge in [-0.3, -0.25) is 4.79 Å². The molecule has 0 N–H and O–H groups in total. The van der Waals surface area contributed by atoms with Crippen molar-refractivity contribution in [1.29, 1.82) is 0 Å². The number of nitrogens with zero attached hydrogens (tertiary/aromatic N) is 2. The fraction of sp³-hybridized carbons (Fsp3) is 0.480. The normalized spacial score (nSPS) is 16.9. The number of carbonyl (C=O) groups is 1. The highest BCUT2D eigenvalue weighted by Gasteiger charge is 2.35. The lowest BCUT2D eigenvalue weighted by molar-refractivity contribution is 0.0727. The average molecular weight is 473 g/mol. The SMILES string of the molecule is COc1ccc(OC)c(CN(C(=O)c2cc(S(=O)(=O)N3CCCCC3)ccc2C)C2CC2)c1. The van der Waals surface area contributed by atoms with Crippen molar-refractivity contribution < 1.29 is 22.7 Å². The first-order valence-corrected chi connectivity index (χ1v) is 12.9. The van der Waals surface area contributed by atoms with Crippen LogP contribution in [0, 0.1) is 6.92 Å². The molecule has 33 heavy (non-hydrogen) atoms. The molecule has 0 radical (unpaired) electrons. The summed E-state index contributed by atoms with van der Waals surface area (Å²) in [5, 5.41) is 0. The predicted octanol–water partition coefficient (Wildman–Crippen LogP) is 3.99. The molecule has 2 aromatic rings. The van der Waals surface area contributed by atoms with Crippen LogP contribution >= 0.6 is 0 Å². The number of rotatable bonds is 8. The Bertz CT molecular complexity index is 1120. The number of sulfonamides is 1.